The summed E-state index contributed by atoms with van der Waals surface area (Å²) in [7, 11) is 0. The quantitative estimate of drug-likeness (QED) is 0.856. The van der Waals surface area contributed by atoms with Crippen LogP contribution >= 0.6 is 35.6 Å². The Morgan fingerprint density at radius 2 is 1.82 bits per heavy atom. The number of phenolic OH excluding ortho intramolecular Hbond substituents is 1. The van der Waals surface area contributed by atoms with E-state index in [9.17, 15) is 5.11 Å². The van der Waals surface area contributed by atoms with Crippen molar-refractivity contribution in [2.75, 3.05) is 0 Å². The number of benzene rings is 1. The molecule has 3 N–H and O–H groups in total. The molecular formula is C12H18Cl3NO. The monoisotopic (exact) mass is 297 g/mol. The van der Waals surface area contributed by atoms with Gasteiger partial charge in [-0.3, -0.25) is 0 Å². The van der Waals surface area contributed by atoms with E-state index in [0.29, 0.717) is 16.5 Å². The van der Waals surface area contributed by atoms with Crippen LogP contribution in [0.2, 0.25) is 10.0 Å². The average Bonchev–Trinajstić information content (AvgIpc) is 2.19. The molecule has 1 aromatic rings. The normalized spacial score (nSPS) is 12.4. The minimum absolute atomic E-state index is 0. The fourth-order valence-electron chi connectivity index (χ4n) is 1.54. The van der Waals surface area contributed by atoms with E-state index >= 15 is 0 Å². The van der Waals surface area contributed by atoms with Crippen LogP contribution in [0.5, 0.6) is 5.75 Å². The van der Waals surface area contributed by atoms with E-state index in [2.05, 4.69) is 13.8 Å². The van der Waals surface area contributed by atoms with Gasteiger partial charge in [-0.25, -0.2) is 0 Å². The maximum Gasteiger partial charge on any atom is 0.139 e. The zero-order valence-electron chi connectivity index (χ0n) is 9.91. The molecule has 1 atom stereocenters. The Morgan fingerprint density at radius 3 is 2.35 bits per heavy atom. The van der Waals surface area contributed by atoms with Crippen LogP contribution in [-0.2, 0) is 0 Å². The zero-order chi connectivity index (χ0) is 12.3. The van der Waals surface area contributed by atoms with Gasteiger partial charge in [0.05, 0.1) is 5.02 Å². The van der Waals surface area contributed by atoms with Crippen molar-refractivity contribution in [3.8, 4) is 5.75 Å². The fraction of sp³-hybridized carbons (Fsp3) is 0.500. The molecule has 0 aliphatic heterocycles. The van der Waals surface area contributed by atoms with Gasteiger partial charge in [0.15, 0.2) is 0 Å². The molecule has 0 fully saturated rings. The molecule has 0 saturated heterocycles. The van der Waals surface area contributed by atoms with E-state index in [4.69, 9.17) is 28.9 Å². The van der Waals surface area contributed by atoms with Crippen LogP contribution in [0.25, 0.3) is 0 Å². The highest BCUT2D eigenvalue weighted by atomic mass is 35.5. The highest BCUT2D eigenvalue weighted by Gasteiger charge is 2.15. The Kier molecular flexibility index (Phi) is 7.26. The van der Waals surface area contributed by atoms with E-state index < -0.39 is 0 Å². The van der Waals surface area contributed by atoms with Crippen molar-refractivity contribution in [3.63, 3.8) is 0 Å². The average molecular weight is 299 g/mol. The first kappa shape index (κ1) is 16.9. The number of rotatable bonds is 4. The van der Waals surface area contributed by atoms with E-state index in [1.165, 1.54) is 6.07 Å². The molecule has 1 rings (SSSR count). The van der Waals surface area contributed by atoms with Crippen molar-refractivity contribution in [2.45, 2.75) is 32.7 Å². The number of nitrogens with two attached hydrogens (primary N) is 1. The molecule has 0 spiro atoms. The number of aromatic hydroxyl groups is 1. The van der Waals surface area contributed by atoms with Gasteiger partial charge in [0.1, 0.15) is 5.75 Å². The Bertz CT molecular complexity index is 369. The topological polar surface area (TPSA) is 46.2 Å². The molecule has 98 valence electrons. The largest absolute Gasteiger partial charge is 0.506 e. The fourth-order valence-corrected chi connectivity index (χ4v) is 2.05. The Hall–Kier alpha value is -0.150. The third-order valence-electron chi connectivity index (χ3n) is 2.51. The molecular weight excluding hydrogens is 280 g/mol. The first-order valence-corrected chi connectivity index (χ1v) is 6.11. The smallest absolute Gasteiger partial charge is 0.139 e. The number of hydrogen-bond acceptors (Lipinski definition) is 2. The predicted octanol–water partition coefficient (Wildman–Crippen LogP) is 4.56. The second kappa shape index (κ2) is 7.32. The van der Waals surface area contributed by atoms with Crippen molar-refractivity contribution in [3.05, 3.63) is 27.7 Å². The molecule has 0 saturated carbocycles. The lowest BCUT2D eigenvalue weighted by atomic mass is 9.98. The van der Waals surface area contributed by atoms with E-state index in [1.807, 2.05) is 0 Å². The van der Waals surface area contributed by atoms with Gasteiger partial charge in [0.25, 0.3) is 0 Å². The lowest BCUT2D eigenvalue weighted by Gasteiger charge is -2.16. The summed E-state index contributed by atoms with van der Waals surface area (Å²) in [5, 5.41) is 10.5. The van der Waals surface area contributed by atoms with Crippen LogP contribution in [0.15, 0.2) is 12.1 Å². The molecule has 1 aromatic carbocycles. The van der Waals surface area contributed by atoms with Gasteiger partial charge in [-0.05, 0) is 30.9 Å². The third kappa shape index (κ3) is 4.92. The molecule has 2 nitrogen and oxygen atoms in total. The minimum Gasteiger partial charge on any atom is -0.506 e. The van der Waals surface area contributed by atoms with Gasteiger partial charge in [0, 0.05) is 16.6 Å². The third-order valence-corrected chi connectivity index (χ3v) is 3.02. The Morgan fingerprint density at radius 1 is 1.24 bits per heavy atom. The summed E-state index contributed by atoms with van der Waals surface area (Å²) in [6.45, 7) is 4.27. The first-order chi connectivity index (χ1) is 7.41. The SMILES string of the molecule is CC(C)CC[C@@H](N)c1cc(Cl)cc(Cl)c1O.Cl. The Balaban J connectivity index is 0.00000256. The Labute approximate surface area is 119 Å². The van der Waals surface area contributed by atoms with E-state index in [-0.39, 0.29) is 29.2 Å². The van der Waals surface area contributed by atoms with E-state index in [0.717, 1.165) is 12.8 Å². The highest BCUT2D eigenvalue weighted by molar-refractivity contribution is 6.35. The molecule has 0 aliphatic rings. The molecule has 0 bridgehead atoms. The van der Waals surface area contributed by atoms with Crippen molar-refractivity contribution >= 4 is 35.6 Å². The van der Waals surface area contributed by atoms with Crippen LogP contribution in [0, 0.1) is 5.92 Å². The number of halogens is 3. The summed E-state index contributed by atoms with van der Waals surface area (Å²) in [6, 6.07) is 2.96. The van der Waals surface area contributed by atoms with Crippen LogP contribution < -0.4 is 5.73 Å². The van der Waals surface area contributed by atoms with Gasteiger partial charge < -0.3 is 10.8 Å². The molecule has 17 heavy (non-hydrogen) atoms. The van der Waals surface area contributed by atoms with Crippen LogP contribution in [0.3, 0.4) is 0 Å². The van der Waals surface area contributed by atoms with Crippen LogP contribution in [0.4, 0.5) is 0 Å². The molecule has 0 amide bonds. The molecule has 5 heteroatoms. The summed E-state index contributed by atoms with van der Waals surface area (Å²) in [4.78, 5) is 0. The molecule has 0 unspecified atom stereocenters. The van der Waals surface area contributed by atoms with Crippen molar-refractivity contribution in [1.29, 1.82) is 0 Å². The summed E-state index contributed by atoms with van der Waals surface area (Å²) in [5.41, 5.74) is 6.63. The first-order valence-electron chi connectivity index (χ1n) is 5.35. The molecule has 0 aromatic heterocycles. The second-order valence-corrected chi connectivity index (χ2v) is 5.25. The van der Waals surface area contributed by atoms with Gasteiger partial charge in [-0.15, -0.1) is 12.4 Å². The standard InChI is InChI=1S/C12H17Cl2NO.ClH/c1-7(2)3-4-11(15)9-5-8(13)6-10(14)12(9)16;/h5-7,11,16H,3-4,15H2,1-2H3;1H/t11-;/m1./s1. The molecule has 0 radical (unpaired) electrons. The van der Waals surface area contributed by atoms with Gasteiger partial charge in [0.2, 0.25) is 0 Å². The molecule has 0 heterocycles. The van der Waals surface area contributed by atoms with E-state index in [1.54, 1.807) is 6.07 Å². The molecule has 0 aliphatic carbocycles. The van der Waals surface area contributed by atoms with Crippen LogP contribution in [0.1, 0.15) is 38.3 Å². The van der Waals surface area contributed by atoms with Crippen molar-refractivity contribution < 1.29 is 5.11 Å². The summed E-state index contributed by atoms with van der Waals surface area (Å²) in [5.74, 6) is 0.630. The second-order valence-electron chi connectivity index (χ2n) is 4.40. The maximum atomic E-state index is 9.79. The van der Waals surface area contributed by atoms with Crippen molar-refractivity contribution in [2.24, 2.45) is 11.7 Å². The highest BCUT2D eigenvalue weighted by Crippen LogP contribution is 2.35. The number of phenols is 1. The van der Waals surface area contributed by atoms with Crippen molar-refractivity contribution in [1.82, 2.24) is 0 Å². The maximum absolute atomic E-state index is 9.79. The van der Waals surface area contributed by atoms with Gasteiger partial charge >= 0.3 is 0 Å². The van der Waals surface area contributed by atoms with Crippen LogP contribution in [-0.4, -0.2) is 5.11 Å². The van der Waals surface area contributed by atoms with Gasteiger partial charge in [-0.1, -0.05) is 37.0 Å². The predicted molar refractivity (Wildman–Crippen MR) is 76.4 cm³/mol. The number of hydrogen-bond donors (Lipinski definition) is 2. The summed E-state index contributed by atoms with van der Waals surface area (Å²) >= 11 is 11.7. The summed E-state index contributed by atoms with van der Waals surface area (Å²) < 4.78 is 0. The lowest BCUT2D eigenvalue weighted by Crippen LogP contribution is -2.11. The summed E-state index contributed by atoms with van der Waals surface area (Å²) in [6.07, 6.45) is 1.81. The minimum atomic E-state index is -0.224. The lowest BCUT2D eigenvalue weighted by molar-refractivity contribution is 0.448. The van der Waals surface area contributed by atoms with Gasteiger partial charge in [-0.2, -0.15) is 0 Å². The zero-order valence-corrected chi connectivity index (χ0v) is 12.2.